The third kappa shape index (κ3) is 5.74. The number of rotatable bonds is 8. The van der Waals surface area contributed by atoms with E-state index < -0.39 is 16.9 Å². The molecule has 0 saturated heterocycles. The second kappa shape index (κ2) is 8.97. The van der Waals surface area contributed by atoms with E-state index in [1.165, 1.54) is 0 Å². The molecule has 2 N–H and O–H groups in total. The van der Waals surface area contributed by atoms with E-state index in [1.54, 1.807) is 6.26 Å². The monoisotopic (exact) mass is 347 g/mol. The third-order valence-corrected chi connectivity index (χ3v) is 4.74. The Hall–Kier alpha value is -1.69. The van der Waals surface area contributed by atoms with Gasteiger partial charge in [-0.05, 0) is 49.2 Å². The van der Waals surface area contributed by atoms with Gasteiger partial charge in [0, 0.05) is 34.5 Å². The molecule has 0 aromatic heterocycles. The molecular weight excluding hydrogens is 322 g/mol. The number of hydrogen-bond donors (Lipinski definition) is 2. The molecule has 2 rings (SSSR count). The topological polar surface area (TPSA) is 58.6 Å². The molecule has 0 spiro atoms. The molecule has 24 heavy (non-hydrogen) atoms. The third-order valence-electron chi connectivity index (χ3n) is 3.80. The van der Waals surface area contributed by atoms with Crippen molar-refractivity contribution in [2.24, 2.45) is 0 Å². The summed E-state index contributed by atoms with van der Waals surface area (Å²) in [6.07, 6.45) is 1.08. The molecular formula is C19H25NO3S. The molecule has 0 amide bonds. The summed E-state index contributed by atoms with van der Waals surface area (Å²) in [5, 5.41) is 13.4. The van der Waals surface area contributed by atoms with Gasteiger partial charge in [0.15, 0.2) is 0 Å². The summed E-state index contributed by atoms with van der Waals surface area (Å²) in [6, 6.07) is 15.5. The van der Waals surface area contributed by atoms with Gasteiger partial charge in [0.1, 0.15) is 18.5 Å². The van der Waals surface area contributed by atoms with Crippen molar-refractivity contribution >= 4 is 10.8 Å². The van der Waals surface area contributed by atoms with Crippen LogP contribution in [0.5, 0.6) is 5.75 Å². The molecule has 0 fully saturated rings. The fraction of sp³-hybridized carbons (Fsp3) is 0.368. The van der Waals surface area contributed by atoms with Crippen LogP contribution in [0.25, 0.3) is 0 Å². The summed E-state index contributed by atoms with van der Waals surface area (Å²) in [5.74, 6) is 0.769. The molecule has 130 valence electrons. The largest absolute Gasteiger partial charge is 0.491 e. The highest BCUT2D eigenvalue weighted by Crippen LogP contribution is 2.15. The number of aliphatic hydroxyl groups is 1. The summed E-state index contributed by atoms with van der Waals surface area (Å²) in [6.45, 7) is 4.73. The molecule has 5 heteroatoms. The van der Waals surface area contributed by atoms with Crippen LogP contribution in [0.2, 0.25) is 0 Å². The summed E-state index contributed by atoms with van der Waals surface area (Å²) in [7, 11) is -0.961. The smallest absolute Gasteiger partial charge is 0.119 e. The van der Waals surface area contributed by atoms with Crippen LogP contribution in [-0.4, -0.2) is 34.8 Å². The molecule has 0 aliphatic carbocycles. The average molecular weight is 347 g/mol. The van der Waals surface area contributed by atoms with Crippen molar-refractivity contribution < 1.29 is 14.1 Å². The van der Waals surface area contributed by atoms with Gasteiger partial charge in [-0.15, -0.1) is 0 Å². The minimum Gasteiger partial charge on any atom is -0.491 e. The first-order chi connectivity index (χ1) is 11.5. The Labute approximate surface area is 146 Å². The van der Waals surface area contributed by atoms with Crippen LogP contribution in [0.15, 0.2) is 53.4 Å². The number of hydrogen-bond acceptors (Lipinski definition) is 4. The lowest BCUT2D eigenvalue weighted by atomic mass is 10.1. The van der Waals surface area contributed by atoms with Gasteiger partial charge in [-0.1, -0.05) is 24.3 Å². The highest BCUT2D eigenvalue weighted by atomic mass is 32.2. The van der Waals surface area contributed by atoms with Gasteiger partial charge in [0.25, 0.3) is 0 Å². The standard InChI is InChI=1S/C19H25NO3S/c1-14-5-4-6-18(11-14)23-13-17(21)12-20-15(2)16-7-9-19(10-8-16)24(3)22/h4-11,15,17,20-21H,12-13H2,1-3H3. The first kappa shape index (κ1) is 18.6. The molecule has 3 atom stereocenters. The molecule has 2 aromatic carbocycles. The van der Waals surface area contributed by atoms with E-state index in [2.05, 4.69) is 5.32 Å². The van der Waals surface area contributed by atoms with E-state index in [4.69, 9.17) is 4.74 Å². The highest BCUT2D eigenvalue weighted by molar-refractivity contribution is 7.84. The minimum atomic E-state index is -0.961. The van der Waals surface area contributed by atoms with Gasteiger partial charge in [-0.25, -0.2) is 0 Å². The van der Waals surface area contributed by atoms with E-state index >= 15 is 0 Å². The van der Waals surface area contributed by atoms with Crippen molar-refractivity contribution in [2.45, 2.75) is 30.9 Å². The van der Waals surface area contributed by atoms with Gasteiger partial charge in [-0.3, -0.25) is 4.21 Å². The predicted octanol–water partition coefficient (Wildman–Crippen LogP) is 2.82. The maximum Gasteiger partial charge on any atom is 0.119 e. The number of nitrogens with one attached hydrogen (secondary N) is 1. The molecule has 0 bridgehead atoms. The zero-order chi connectivity index (χ0) is 17.5. The van der Waals surface area contributed by atoms with Crippen LogP contribution >= 0.6 is 0 Å². The Morgan fingerprint density at radius 3 is 2.54 bits per heavy atom. The lowest BCUT2D eigenvalue weighted by molar-refractivity contribution is 0.104. The van der Waals surface area contributed by atoms with Crippen molar-refractivity contribution in [3.05, 3.63) is 59.7 Å². The minimum absolute atomic E-state index is 0.0953. The van der Waals surface area contributed by atoms with E-state index in [0.717, 1.165) is 21.8 Å². The zero-order valence-corrected chi connectivity index (χ0v) is 15.2. The van der Waals surface area contributed by atoms with Gasteiger partial charge in [-0.2, -0.15) is 0 Å². The van der Waals surface area contributed by atoms with E-state index in [-0.39, 0.29) is 12.6 Å². The van der Waals surface area contributed by atoms with E-state index in [0.29, 0.717) is 6.54 Å². The van der Waals surface area contributed by atoms with Crippen LogP contribution in [0.4, 0.5) is 0 Å². The second-order valence-electron chi connectivity index (χ2n) is 5.93. The van der Waals surface area contributed by atoms with Gasteiger partial charge in [0.2, 0.25) is 0 Å². The van der Waals surface area contributed by atoms with Crippen molar-refractivity contribution in [3.8, 4) is 5.75 Å². The Balaban J connectivity index is 1.78. The van der Waals surface area contributed by atoms with E-state index in [9.17, 15) is 9.32 Å². The average Bonchev–Trinajstić information content (AvgIpc) is 2.58. The second-order valence-corrected chi connectivity index (χ2v) is 7.31. The molecule has 0 heterocycles. The normalized spacial score (nSPS) is 14.8. The SMILES string of the molecule is Cc1cccc(OCC(O)CNC(C)c2ccc(S(C)=O)cc2)c1. The maximum absolute atomic E-state index is 11.4. The van der Waals surface area contributed by atoms with Gasteiger partial charge in [0.05, 0.1) is 0 Å². The van der Waals surface area contributed by atoms with Crippen molar-refractivity contribution in [3.63, 3.8) is 0 Å². The first-order valence-electron chi connectivity index (χ1n) is 8.00. The number of benzene rings is 2. The van der Waals surface area contributed by atoms with Gasteiger partial charge >= 0.3 is 0 Å². The first-order valence-corrected chi connectivity index (χ1v) is 9.56. The Kier molecular flexibility index (Phi) is 6.97. The Bertz CT molecular complexity index is 673. The molecule has 0 radical (unpaired) electrons. The fourth-order valence-corrected chi connectivity index (χ4v) is 2.85. The van der Waals surface area contributed by atoms with Crippen LogP contribution in [0, 0.1) is 6.92 Å². The number of aryl methyl sites for hydroxylation is 1. The quantitative estimate of drug-likeness (QED) is 0.771. The molecule has 0 aliphatic rings. The molecule has 3 unspecified atom stereocenters. The Morgan fingerprint density at radius 1 is 1.21 bits per heavy atom. The summed E-state index contributed by atoms with van der Waals surface area (Å²) in [5.41, 5.74) is 2.22. The van der Waals surface area contributed by atoms with E-state index in [1.807, 2.05) is 62.4 Å². The summed E-state index contributed by atoms with van der Waals surface area (Å²) >= 11 is 0. The van der Waals surface area contributed by atoms with Crippen molar-refractivity contribution in [1.29, 1.82) is 0 Å². The molecule has 2 aromatic rings. The number of ether oxygens (including phenoxy) is 1. The van der Waals surface area contributed by atoms with Crippen LogP contribution in [0.3, 0.4) is 0 Å². The van der Waals surface area contributed by atoms with Crippen molar-refractivity contribution in [2.75, 3.05) is 19.4 Å². The zero-order valence-electron chi connectivity index (χ0n) is 14.4. The Morgan fingerprint density at radius 2 is 1.92 bits per heavy atom. The number of aliphatic hydroxyl groups excluding tert-OH is 1. The maximum atomic E-state index is 11.4. The summed E-state index contributed by atoms with van der Waals surface area (Å²) < 4.78 is 17.0. The summed E-state index contributed by atoms with van der Waals surface area (Å²) in [4.78, 5) is 0.817. The van der Waals surface area contributed by atoms with Crippen LogP contribution in [-0.2, 0) is 10.8 Å². The van der Waals surface area contributed by atoms with Crippen LogP contribution < -0.4 is 10.1 Å². The molecule has 0 aliphatic heterocycles. The van der Waals surface area contributed by atoms with Crippen LogP contribution in [0.1, 0.15) is 24.1 Å². The predicted molar refractivity (Wildman–Crippen MR) is 97.9 cm³/mol. The highest BCUT2D eigenvalue weighted by Gasteiger charge is 2.10. The molecule has 4 nitrogen and oxygen atoms in total. The van der Waals surface area contributed by atoms with Gasteiger partial charge < -0.3 is 15.2 Å². The molecule has 0 saturated carbocycles. The lowest BCUT2D eigenvalue weighted by Gasteiger charge is -2.18. The van der Waals surface area contributed by atoms with Crippen molar-refractivity contribution in [1.82, 2.24) is 5.32 Å². The lowest BCUT2D eigenvalue weighted by Crippen LogP contribution is -2.33. The fourth-order valence-electron chi connectivity index (χ4n) is 2.34.